The van der Waals surface area contributed by atoms with E-state index in [9.17, 15) is 0 Å². The number of nitrogens with zero attached hydrogens (tertiary/aromatic N) is 3. The van der Waals surface area contributed by atoms with E-state index in [2.05, 4.69) is 62.0 Å². The number of hydrogen-bond donors (Lipinski definition) is 1. The lowest BCUT2D eigenvalue weighted by molar-refractivity contribution is 0.233. The van der Waals surface area contributed by atoms with Crippen molar-refractivity contribution in [3.63, 3.8) is 0 Å². The number of nitrogens with one attached hydrogen (secondary N) is 1. The Balaban J connectivity index is 1.98. The van der Waals surface area contributed by atoms with Gasteiger partial charge in [0, 0.05) is 37.9 Å². The van der Waals surface area contributed by atoms with E-state index in [0.29, 0.717) is 12.0 Å². The van der Waals surface area contributed by atoms with Crippen LogP contribution in [0.15, 0.2) is 12.1 Å². The van der Waals surface area contributed by atoms with Gasteiger partial charge in [-0.25, -0.2) is 4.98 Å². The Hall–Kier alpha value is -1.13. The zero-order chi connectivity index (χ0) is 15.4. The summed E-state index contributed by atoms with van der Waals surface area (Å²) in [5.41, 5.74) is 2.46. The van der Waals surface area contributed by atoms with Crippen molar-refractivity contribution in [3.05, 3.63) is 23.4 Å². The third-order valence-electron chi connectivity index (χ3n) is 4.33. The van der Waals surface area contributed by atoms with Crippen molar-refractivity contribution in [2.24, 2.45) is 5.92 Å². The number of piperazine rings is 1. The Morgan fingerprint density at radius 3 is 2.71 bits per heavy atom. The minimum Gasteiger partial charge on any atom is -0.354 e. The monoisotopic (exact) mass is 290 g/mol. The summed E-state index contributed by atoms with van der Waals surface area (Å²) in [5.74, 6) is 1.81. The molecule has 1 atom stereocenters. The summed E-state index contributed by atoms with van der Waals surface area (Å²) in [7, 11) is 2.20. The van der Waals surface area contributed by atoms with Gasteiger partial charge in [-0.1, -0.05) is 19.9 Å². The van der Waals surface area contributed by atoms with Crippen molar-refractivity contribution in [3.8, 4) is 0 Å². The highest BCUT2D eigenvalue weighted by molar-refractivity contribution is 5.42. The predicted molar refractivity (Wildman–Crippen MR) is 89.8 cm³/mol. The van der Waals surface area contributed by atoms with E-state index in [-0.39, 0.29) is 0 Å². The van der Waals surface area contributed by atoms with Crippen molar-refractivity contribution >= 4 is 5.82 Å². The van der Waals surface area contributed by atoms with E-state index in [1.54, 1.807) is 0 Å². The number of rotatable bonds is 5. The molecule has 1 fully saturated rings. The van der Waals surface area contributed by atoms with Crippen LogP contribution >= 0.6 is 0 Å². The molecule has 2 rings (SSSR count). The van der Waals surface area contributed by atoms with Gasteiger partial charge in [-0.05, 0) is 45.0 Å². The number of likely N-dealkylation sites (N-methyl/N-ethyl adjacent to an activating group) is 1. The molecule has 1 aliphatic heterocycles. The lowest BCUT2D eigenvalue weighted by Gasteiger charge is -2.38. The highest BCUT2D eigenvalue weighted by Crippen LogP contribution is 2.18. The fourth-order valence-corrected chi connectivity index (χ4v) is 2.69. The summed E-state index contributed by atoms with van der Waals surface area (Å²) in [4.78, 5) is 9.64. The second-order valence-electron chi connectivity index (χ2n) is 6.71. The van der Waals surface area contributed by atoms with Crippen molar-refractivity contribution in [2.75, 3.05) is 38.1 Å². The van der Waals surface area contributed by atoms with Crippen LogP contribution in [-0.4, -0.2) is 49.2 Å². The van der Waals surface area contributed by atoms with Crippen LogP contribution < -0.4 is 10.2 Å². The largest absolute Gasteiger partial charge is 0.354 e. The van der Waals surface area contributed by atoms with Gasteiger partial charge in [0.05, 0.1) is 0 Å². The minimum atomic E-state index is 0.591. The van der Waals surface area contributed by atoms with Crippen LogP contribution in [0, 0.1) is 12.8 Å². The molecule has 0 radical (unpaired) electrons. The maximum Gasteiger partial charge on any atom is 0.128 e. The van der Waals surface area contributed by atoms with Crippen LogP contribution in [0.25, 0.3) is 0 Å². The van der Waals surface area contributed by atoms with Crippen LogP contribution in [0.5, 0.6) is 0 Å². The molecule has 4 heteroatoms. The molecule has 0 amide bonds. The van der Waals surface area contributed by atoms with Crippen molar-refractivity contribution in [1.82, 2.24) is 15.2 Å². The summed E-state index contributed by atoms with van der Waals surface area (Å²) in [6.07, 6.45) is 0. The van der Waals surface area contributed by atoms with Crippen LogP contribution in [0.4, 0.5) is 5.82 Å². The van der Waals surface area contributed by atoms with Gasteiger partial charge in [-0.2, -0.15) is 0 Å². The molecule has 1 unspecified atom stereocenters. The summed E-state index contributed by atoms with van der Waals surface area (Å²) >= 11 is 0. The summed E-state index contributed by atoms with van der Waals surface area (Å²) in [6.45, 7) is 14.1. The predicted octanol–water partition coefficient (Wildman–Crippen LogP) is 2.28. The maximum absolute atomic E-state index is 4.82. The Kier molecular flexibility index (Phi) is 5.59. The number of pyridine rings is 1. The Labute approximate surface area is 129 Å². The minimum absolute atomic E-state index is 0.591. The lowest BCUT2D eigenvalue weighted by Crippen LogP contribution is -2.50. The summed E-state index contributed by atoms with van der Waals surface area (Å²) < 4.78 is 0. The molecule has 0 spiro atoms. The average molecular weight is 290 g/mol. The van der Waals surface area contributed by atoms with Crippen molar-refractivity contribution in [2.45, 2.75) is 40.3 Å². The van der Waals surface area contributed by atoms with E-state index in [0.717, 1.165) is 44.2 Å². The summed E-state index contributed by atoms with van der Waals surface area (Å²) in [5, 5.41) is 3.49. The first-order valence-electron chi connectivity index (χ1n) is 8.09. The van der Waals surface area contributed by atoms with E-state index < -0.39 is 0 Å². The van der Waals surface area contributed by atoms with Crippen LogP contribution in [-0.2, 0) is 6.54 Å². The fourth-order valence-electron chi connectivity index (χ4n) is 2.69. The van der Waals surface area contributed by atoms with Crippen LogP contribution in [0.1, 0.15) is 32.0 Å². The second kappa shape index (κ2) is 7.23. The van der Waals surface area contributed by atoms with E-state index in [1.807, 2.05) is 0 Å². The molecule has 4 nitrogen and oxygen atoms in total. The van der Waals surface area contributed by atoms with Crippen LogP contribution in [0.2, 0.25) is 0 Å². The van der Waals surface area contributed by atoms with Gasteiger partial charge in [-0.3, -0.25) is 0 Å². The Bertz CT molecular complexity index is 458. The van der Waals surface area contributed by atoms with Gasteiger partial charge in [0.15, 0.2) is 0 Å². The lowest BCUT2D eigenvalue weighted by atomic mass is 10.1. The Morgan fingerprint density at radius 1 is 1.33 bits per heavy atom. The van der Waals surface area contributed by atoms with Gasteiger partial charge < -0.3 is 15.1 Å². The molecule has 2 heterocycles. The standard InChI is InChI=1S/C17H30N4/c1-13(2)10-18-11-16-6-7-17(19-15(16)4)21-9-8-20(5)14(3)12-21/h6-7,13-14,18H,8-12H2,1-5H3. The third-order valence-corrected chi connectivity index (χ3v) is 4.33. The molecule has 0 bridgehead atoms. The van der Waals surface area contributed by atoms with Gasteiger partial charge in [0.25, 0.3) is 0 Å². The first kappa shape index (κ1) is 16.2. The fraction of sp³-hybridized carbons (Fsp3) is 0.706. The van der Waals surface area contributed by atoms with Gasteiger partial charge in [-0.15, -0.1) is 0 Å². The number of anilines is 1. The quantitative estimate of drug-likeness (QED) is 0.901. The Morgan fingerprint density at radius 2 is 2.10 bits per heavy atom. The number of aryl methyl sites for hydroxylation is 1. The van der Waals surface area contributed by atoms with E-state index in [4.69, 9.17) is 4.98 Å². The molecule has 0 saturated carbocycles. The number of aromatic nitrogens is 1. The normalized spacial score (nSPS) is 20.3. The third kappa shape index (κ3) is 4.42. The molecule has 0 aromatic carbocycles. The first-order valence-corrected chi connectivity index (χ1v) is 8.09. The molecular formula is C17H30N4. The topological polar surface area (TPSA) is 31.4 Å². The average Bonchev–Trinajstić information content (AvgIpc) is 2.43. The van der Waals surface area contributed by atoms with E-state index in [1.165, 1.54) is 5.56 Å². The molecule has 0 aliphatic carbocycles. The molecule has 1 aromatic heterocycles. The number of hydrogen-bond acceptors (Lipinski definition) is 4. The molecule has 1 saturated heterocycles. The smallest absolute Gasteiger partial charge is 0.128 e. The molecular weight excluding hydrogens is 260 g/mol. The van der Waals surface area contributed by atoms with Gasteiger partial charge in [0.2, 0.25) is 0 Å². The van der Waals surface area contributed by atoms with Crippen molar-refractivity contribution in [1.29, 1.82) is 0 Å². The SMILES string of the molecule is Cc1nc(N2CCN(C)C(C)C2)ccc1CNCC(C)C. The molecule has 118 valence electrons. The maximum atomic E-state index is 4.82. The second-order valence-corrected chi connectivity index (χ2v) is 6.71. The van der Waals surface area contributed by atoms with E-state index >= 15 is 0 Å². The molecule has 21 heavy (non-hydrogen) atoms. The van der Waals surface area contributed by atoms with Crippen molar-refractivity contribution < 1.29 is 0 Å². The zero-order valence-electron chi connectivity index (χ0n) is 14.2. The van der Waals surface area contributed by atoms with Gasteiger partial charge >= 0.3 is 0 Å². The summed E-state index contributed by atoms with van der Waals surface area (Å²) in [6, 6.07) is 5.00. The molecule has 1 aliphatic rings. The van der Waals surface area contributed by atoms with Gasteiger partial charge in [0.1, 0.15) is 5.82 Å². The molecule has 1 aromatic rings. The molecule has 1 N–H and O–H groups in total. The highest BCUT2D eigenvalue weighted by atomic mass is 15.3. The first-order chi connectivity index (χ1) is 9.97. The zero-order valence-corrected chi connectivity index (χ0v) is 14.2. The van der Waals surface area contributed by atoms with Crippen LogP contribution in [0.3, 0.4) is 0 Å². The highest BCUT2D eigenvalue weighted by Gasteiger charge is 2.21.